The summed E-state index contributed by atoms with van der Waals surface area (Å²) in [5.41, 5.74) is 2.07. The lowest BCUT2D eigenvalue weighted by Crippen LogP contribution is -2.38. The monoisotopic (exact) mass is 414 g/mol. The molecule has 1 aromatic carbocycles. The summed E-state index contributed by atoms with van der Waals surface area (Å²) < 4.78 is 15.7. The van der Waals surface area contributed by atoms with Crippen LogP contribution in [0.25, 0.3) is 0 Å². The van der Waals surface area contributed by atoms with Gasteiger partial charge in [-0.3, -0.25) is 0 Å². The average Bonchev–Trinajstić information content (AvgIpc) is 3.26. The lowest BCUT2D eigenvalue weighted by Gasteiger charge is -2.19. The molecule has 2 heterocycles. The van der Waals surface area contributed by atoms with Gasteiger partial charge >= 0.3 is 6.03 Å². The van der Waals surface area contributed by atoms with Gasteiger partial charge in [0, 0.05) is 57.3 Å². The third-order valence-corrected chi connectivity index (χ3v) is 5.04. The Balaban J connectivity index is 1.36. The molecule has 1 atom stereocenters. The number of hydrogen-bond donors (Lipinski definition) is 2. The Bertz CT molecular complexity index is 800. The second-order valence-electron chi connectivity index (χ2n) is 7.21. The number of carbonyl (C=O) groups excluding carboxylic acids is 1. The van der Waals surface area contributed by atoms with Crippen molar-refractivity contribution in [1.29, 1.82) is 0 Å². The van der Waals surface area contributed by atoms with Gasteiger partial charge in [0.1, 0.15) is 12.4 Å². The molecule has 0 aliphatic carbocycles. The maximum absolute atomic E-state index is 12.1. The van der Waals surface area contributed by atoms with Gasteiger partial charge in [-0.2, -0.15) is 0 Å². The van der Waals surface area contributed by atoms with E-state index < -0.39 is 0 Å². The predicted molar refractivity (Wildman–Crippen MR) is 115 cm³/mol. The molecule has 1 aliphatic heterocycles. The molecule has 30 heavy (non-hydrogen) atoms. The van der Waals surface area contributed by atoms with Crippen LogP contribution in [0.2, 0.25) is 0 Å². The zero-order valence-electron chi connectivity index (χ0n) is 17.6. The zero-order valence-corrected chi connectivity index (χ0v) is 17.6. The van der Waals surface area contributed by atoms with Crippen LogP contribution in [0, 0.1) is 5.92 Å². The molecule has 8 heteroatoms. The molecule has 162 valence electrons. The van der Waals surface area contributed by atoms with E-state index in [1.807, 2.05) is 24.3 Å². The molecule has 2 N–H and O–H groups in total. The molecule has 1 aromatic heterocycles. The van der Waals surface area contributed by atoms with Gasteiger partial charge < -0.3 is 29.7 Å². The molecule has 2 aromatic rings. The van der Waals surface area contributed by atoms with Crippen molar-refractivity contribution in [2.24, 2.45) is 5.92 Å². The van der Waals surface area contributed by atoms with E-state index in [4.69, 9.17) is 14.2 Å². The molecule has 0 radical (unpaired) electrons. The number of hydrogen-bond acceptors (Lipinski definition) is 6. The number of carbonyl (C=O) groups is 1. The van der Waals surface area contributed by atoms with E-state index in [2.05, 4.69) is 26.6 Å². The molecule has 1 unspecified atom stereocenters. The van der Waals surface area contributed by atoms with Gasteiger partial charge in [0.05, 0.1) is 13.7 Å². The van der Waals surface area contributed by atoms with E-state index in [9.17, 15) is 4.79 Å². The van der Waals surface area contributed by atoms with Crippen molar-refractivity contribution in [1.82, 2.24) is 15.6 Å². The summed E-state index contributed by atoms with van der Waals surface area (Å²) >= 11 is 0. The van der Waals surface area contributed by atoms with Crippen molar-refractivity contribution >= 4 is 11.7 Å². The molecular formula is C22H30N4O4. The minimum atomic E-state index is -0.171. The number of anilines is 1. The van der Waals surface area contributed by atoms with Crippen LogP contribution in [0.4, 0.5) is 10.5 Å². The maximum atomic E-state index is 12.1. The molecule has 1 fully saturated rings. The maximum Gasteiger partial charge on any atom is 0.315 e. The highest BCUT2D eigenvalue weighted by Crippen LogP contribution is 2.26. The highest BCUT2D eigenvalue weighted by molar-refractivity contribution is 5.73. The van der Waals surface area contributed by atoms with Crippen LogP contribution in [-0.4, -0.2) is 58.1 Å². The first kappa shape index (κ1) is 21.7. The number of methoxy groups -OCH3 is 2. The molecule has 0 saturated carbocycles. The first-order valence-electron chi connectivity index (χ1n) is 10.2. The number of aromatic nitrogens is 1. The third-order valence-electron chi connectivity index (χ3n) is 5.04. The lowest BCUT2D eigenvalue weighted by atomic mass is 10.1. The van der Waals surface area contributed by atoms with Crippen molar-refractivity contribution in [2.75, 3.05) is 52.0 Å². The number of nitrogens with zero attached hydrogens (tertiary/aromatic N) is 2. The fourth-order valence-electron chi connectivity index (χ4n) is 3.35. The normalized spacial score (nSPS) is 15.7. The number of pyridine rings is 1. The van der Waals surface area contributed by atoms with Crippen LogP contribution in [0.3, 0.4) is 0 Å². The van der Waals surface area contributed by atoms with Gasteiger partial charge in [-0.15, -0.1) is 0 Å². The van der Waals surface area contributed by atoms with Crippen LogP contribution >= 0.6 is 0 Å². The molecule has 3 rings (SSSR count). The van der Waals surface area contributed by atoms with Gasteiger partial charge in [-0.1, -0.05) is 12.1 Å². The molecule has 8 nitrogen and oxygen atoms in total. The number of rotatable bonds is 10. The van der Waals surface area contributed by atoms with Gasteiger partial charge in [0.15, 0.2) is 0 Å². The summed E-state index contributed by atoms with van der Waals surface area (Å²) in [5, 5.41) is 5.85. The van der Waals surface area contributed by atoms with Gasteiger partial charge in [0.2, 0.25) is 5.88 Å². The average molecular weight is 415 g/mol. The van der Waals surface area contributed by atoms with Crippen molar-refractivity contribution < 1.29 is 19.0 Å². The Morgan fingerprint density at radius 1 is 1.20 bits per heavy atom. The van der Waals surface area contributed by atoms with Gasteiger partial charge in [0.25, 0.3) is 0 Å². The number of amides is 2. The zero-order chi connectivity index (χ0) is 21.2. The second-order valence-corrected chi connectivity index (χ2v) is 7.21. The van der Waals surface area contributed by atoms with Crippen molar-refractivity contribution in [3.63, 3.8) is 0 Å². The highest BCUT2D eigenvalue weighted by Gasteiger charge is 2.23. The van der Waals surface area contributed by atoms with E-state index in [1.165, 1.54) is 0 Å². The van der Waals surface area contributed by atoms with E-state index in [0.29, 0.717) is 38.1 Å². The largest absolute Gasteiger partial charge is 0.497 e. The Morgan fingerprint density at radius 3 is 2.87 bits per heavy atom. The van der Waals surface area contributed by atoms with Crippen LogP contribution < -0.4 is 25.0 Å². The molecular weight excluding hydrogens is 384 g/mol. The Kier molecular flexibility index (Phi) is 8.14. The Labute approximate surface area is 177 Å². The minimum Gasteiger partial charge on any atom is -0.497 e. The van der Waals surface area contributed by atoms with Crippen LogP contribution in [-0.2, 0) is 11.3 Å². The number of urea groups is 1. The van der Waals surface area contributed by atoms with Crippen LogP contribution in [0.1, 0.15) is 12.0 Å². The molecule has 2 amide bonds. The first-order valence-corrected chi connectivity index (χ1v) is 10.2. The van der Waals surface area contributed by atoms with Crippen molar-refractivity contribution in [3.8, 4) is 11.6 Å². The molecule has 1 saturated heterocycles. The quantitative estimate of drug-likeness (QED) is 0.581. The van der Waals surface area contributed by atoms with Crippen LogP contribution in [0.5, 0.6) is 11.6 Å². The minimum absolute atomic E-state index is 0.171. The first-order chi connectivity index (χ1) is 14.7. The van der Waals surface area contributed by atoms with E-state index >= 15 is 0 Å². The fraction of sp³-hybridized carbons (Fsp3) is 0.455. The predicted octanol–water partition coefficient (Wildman–Crippen LogP) is 2.44. The third kappa shape index (κ3) is 6.52. The van der Waals surface area contributed by atoms with Gasteiger partial charge in [-0.25, -0.2) is 9.78 Å². The van der Waals surface area contributed by atoms with E-state index in [1.54, 1.807) is 26.5 Å². The standard InChI is InChI=1S/C22H30N4O4/c1-28-10-11-30-21-7-6-17(13-23-21)14-24-22(27)25-15-18-8-9-26(16-18)19-4-3-5-20(12-19)29-2/h3-7,12-13,18H,8-11,14-16H2,1-2H3,(H2,24,25,27). The topological polar surface area (TPSA) is 85.0 Å². The SMILES string of the molecule is COCCOc1ccc(CNC(=O)NCC2CCN(c3cccc(OC)c3)C2)cn1. The number of benzene rings is 1. The summed E-state index contributed by atoms with van der Waals surface area (Å²) in [6, 6.07) is 11.6. The second kappa shape index (κ2) is 11.3. The van der Waals surface area contributed by atoms with E-state index in [0.717, 1.165) is 36.5 Å². The van der Waals surface area contributed by atoms with Crippen LogP contribution in [0.15, 0.2) is 42.6 Å². The lowest BCUT2D eigenvalue weighted by molar-refractivity contribution is 0.143. The molecule has 0 spiro atoms. The summed E-state index contributed by atoms with van der Waals surface area (Å²) in [7, 11) is 3.30. The summed E-state index contributed by atoms with van der Waals surface area (Å²) in [4.78, 5) is 18.7. The fourth-order valence-corrected chi connectivity index (χ4v) is 3.35. The smallest absolute Gasteiger partial charge is 0.315 e. The van der Waals surface area contributed by atoms with Crippen molar-refractivity contribution in [2.45, 2.75) is 13.0 Å². The summed E-state index contributed by atoms with van der Waals surface area (Å²) in [5.74, 6) is 1.83. The summed E-state index contributed by atoms with van der Waals surface area (Å²) in [6.45, 7) is 3.94. The number of nitrogens with one attached hydrogen (secondary N) is 2. The molecule has 0 bridgehead atoms. The van der Waals surface area contributed by atoms with Crippen molar-refractivity contribution in [3.05, 3.63) is 48.2 Å². The highest BCUT2D eigenvalue weighted by atomic mass is 16.5. The Hall–Kier alpha value is -3.00. The molecule has 1 aliphatic rings. The van der Waals surface area contributed by atoms with Gasteiger partial charge in [-0.05, 0) is 30.0 Å². The Morgan fingerprint density at radius 2 is 2.10 bits per heavy atom. The summed E-state index contributed by atoms with van der Waals surface area (Å²) in [6.07, 6.45) is 2.75. The number of ether oxygens (including phenoxy) is 3. The van der Waals surface area contributed by atoms with E-state index in [-0.39, 0.29) is 6.03 Å².